The van der Waals surface area contributed by atoms with Gasteiger partial charge in [-0.15, -0.1) is 0 Å². The van der Waals surface area contributed by atoms with E-state index in [0.717, 1.165) is 6.08 Å². The van der Waals surface area contributed by atoms with Crippen LogP contribution in [-0.4, -0.2) is 16.9 Å². The molecule has 0 aromatic carbocycles. The van der Waals surface area contributed by atoms with E-state index in [1.807, 2.05) is 0 Å². The van der Waals surface area contributed by atoms with Crippen LogP contribution in [0.1, 0.15) is 11.3 Å². The van der Waals surface area contributed by atoms with Gasteiger partial charge in [-0.2, -0.15) is 22.0 Å². The lowest BCUT2D eigenvalue weighted by Gasteiger charge is -2.24. The molecule has 2 N–H and O–H groups in total. The lowest BCUT2D eigenvalue weighted by Crippen LogP contribution is -2.29. The van der Waals surface area contributed by atoms with Gasteiger partial charge in [0.25, 0.3) is 5.92 Å². The highest BCUT2D eigenvalue weighted by Gasteiger charge is 2.40. The van der Waals surface area contributed by atoms with E-state index in [0.29, 0.717) is 18.3 Å². The van der Waals surface area contributed by atoms with Crippen molar-refractivity contribution in [3.63, 3.8) is 0 Å². The number of aromatic nitrogens is 1. The van der Waals surface area contributed by atoms with E-state index >= 15 is 0 Å². The van der Waals surface area contributed by atoms with Crippen LogP contribution in [0.2, 0.25) is 5.02 Å². The molecule has 1 aromatic rings. The lowest BCUT2D eigenvalue weighted by atomic mass is 9.95. The van der Waals surface area contributed by atoms with Crippen molar-refractivity contribution in [1.29, 1.82) is 0 Å². The summed E-state index contributed by atoms with van der Waals surface area (Å²) >= 11 is 11.2. The fourth-order valence-electron chi connectivity index (χ4n) is 1.75. The SMILES string of the molecule is NC1C=C(c2ncc(C(F)(F)F)cc2Cl)C(F)(F)C=C1Cl. The number of hydrogen-bond acceptors (Lipinski definition) is 2. The molecule has 1 aliphatic carbocycles. The zero-order valence-electron chi connectivity index (χ0n) is 10.1. The molecule has 2 rings (SSSR count). The third-order valence-corrected chi connectivity index (χ3v) is 3.42. The predicted octanol–water partition coefficient (Wildman–Crippen LogP) is 4.24. The first-order valence-corrected chi connectivity index (χ1v) is 6.25. The van der Waals surface area contributed by atoms with Crippen LogP contribution in [0.5, 0.6) is 0 Å². The summed E-state index contributed by atoms with van der Waals surface area (Å²) in [4.78, 5) is 3.40. The standard InChI is InChI=1S/C12H7Cl2F5N2/c13-7-1-5(12(17,18)19)4-21-10(7)6-2-9(20)8(14)3-11(6,15)16/h1-4,9H,20H2. The van der Waals surface area contributed by atoms with Crippen LogP contribution in [0.15, 0.2) is 29.4 Å². The number of allylic oxidation sites excluding steroid dienone is 2. The Bertz CT molecular complexity index is 637. The summed E-state index contributed by atoms with van der Waals surface area (Å²) in [6.07, 6.45) is -2.89. The molecule has 0 spiro atoms. The van der Waals surface area contributed by atoms with E-state index in [1.54, 1.807) is 0 Å². The van der Waals surface area contributed by atoms with Gasteiger partial charge >= 0.3 is 6.18 Å². The number of alkyl halides is 5. The van der Waals surface area contributed by atoms with Crippen LogP contribution < -0.4 is 5.73 Å². The van der Waals surface area contributed by atoms with Gasteiger partial charge in [-0.3, -0.25) is 4.98 Å². The van der Waals surface area contributed by atoms with E-state index < -0.39 is 40.0 Å². The molecule has 9 heteroatoms. The highest BCUT2D eigenvalue weighted by atomic mass is 35.5. The van der Waals surface area contributed by atoms with E-state index in [9.17, 15) is 22.0 Å². The van der Waals surface area contributed by atoms with E-state index in [2.05, 4.69) is 4.98 Å². The molecule has 0 amide bonds. The second-order valence-electron chi connectivity index (χ2n) is 4.31. The van der Waals surface area contributed by atoms with Gasteiger partial charge in [0.15, 0.2) is 0 Å². The lowest BCUT2D eigenvalue weighted by molar-refractivity contribution is -0.137. The Balaban J connectivity index is 2.50. The molecule has 0 bridgehead atoms. The van der Waals surface area contributed by atoms with Gasteiger partial charge in [-0.25, -0.2) is 0 Å². The van der Waals surface area contributed by atoms with Crippen molar-refractivity contribution in [2.75, 3.05) is 0 Å². The first kappa shape index (κ1) is 16.2. The molecule has 1 atom stereocenters. The van der Waals surface area contributed by atoms with Gasteiger partial charge in [0, 0.05) is 17.3 Å². The summed E-state index contributed by atoms with van der Waals surface area (Å²) in [5.41, 5.74) is 3.24. The largest absolute Gasteiger partial charge is 0.417 e. The first-order chi connectivity index (χ1) is 9.52. The normalized spacial score (nSPS) is 21.8. The molecule has 0 saturated heterocycles. The zero-order chi connectivity index (χ0) is 16.0. The van der Waals surface area contributed by atoms with Crippen molar-refractivity contribution < 1.29 is 22.0 Å². The quantitative estimate of drug-likeness (QED) is 0.774. The maximum Gasteiger partial charge on any atom is 0.417 e. The number of hydrogen-bond donors (Lipinski definition) is 1. The van der Waals surface area contributed by atoms with Crippen molar-refractivity contribution in [3.05, 3.63) is 45.7 Å². The second-order valence-corrected chi connectivity index (χ2v) is 5.15. The second kappa shape index (κ2) is 5.23. The van der Waals surface area contributed by atoms with Crippen molar-refractivity contribution in [2.45, 2.75) is 18.1 Å². The summed E-state index contributed by atoms with van der Waals surface area (Å²) < 4.78 is 65.3. The van der Waals surface area contributed by atoms with Crippen molar-refractivity contribution in [2.24, 2.45) is 5.73 Å². The molecule has 1 aromatic heterocycles. The smallest absolute Gasteiger partial charge is 0.320 e. The third-order valence-electron chi connectivity index (χ3n) is 2.77. The number of halogens is 7. The predicted molar refractivity (Wildman–Crippen MR) is 69.1 cm³/mol. The molecule has 114 valence electrons. The minimum atomic E-state index is -4.67. The van der Waals surface area contributed by atoms with Crippen LogP contribution >= 0.6 is 23.2 Å². The maximum absolute atomic E-state index is 13.9. The van der Waals surface area contributed by atoms with Crippen LogP contribution in [0.25, 0.3) is 5.57 Å². The average Bonchev–Trinajstić information content (AvgIpc) is 2.32. The molecule has 0 saturated carbocycles. The summed E-state index contributed by atoms with van der Waals surface area (Å²) in [6.45, 7) is 0. The Morgan fingerprint density at radius 1 is 1.24 bits per heavy atom. The third kappa shape index (κ3) is 3.20. The maximum atomic E-state index is 13.9. The summed E-state index contributed by atoms with van der Waals surface area (Å²) in [5.74, 6) is -3.52. The minimum absolute atomic E-state index is 0.271. The molecule has 1 heterocycles. The molecular weight excluding hydrogens is 338 g/mol. The monoisotopic (exact) mass is 344 g/mol. The van der Waals surface area contributed by atoms with E-state index in [-0.39, 0.29) is 5.03 Å². The Hall–Kier alpha value is -1.18. The van der Waals surface area contributed by atoms with E-state index in [1.165, 1.54) is 0 Å². The van der Waals surface area contributed by atoms with Crippen molar-refractivity contribution in [1.82, 2.24) is 4.98 Å². The average molecular weight is 345 g/mol. The molecule has 1 unspecified atom stereocenters. The van der Waals surface area contributed by atoms with Gasteiger partial charge in [0.2, 0.25) is 0 Å². The molecule has 0 radical (unpaired) electrons. The van der Waals surface area contributed by atoms with Crippen molar-refractivity contribution in [3.8, 4) is 0 Å². The van der Waals surface area contributed by atoms with Crippen molar-refractivity contribution >= 4 is 28.8 Å². The van der Waals surface area contributed by atoms with Gasteiger partial charge in [0.05, 0.1) is 27.9 Å². The highest BCUT2D eigenvalue weighted by molar-refractivity contribution is 6.33. The molecule has 21 heavy (non-hydrogen) atoms. The fraction of sp³-hybridized carbons (Fsp3) is 0.250. The molecule has 0 fully saturated rings. The molecule has 0 aliphatic heterocycles. The van der Waals surface area contributed by atoms with Gasteiger partial charge in [-0.1, -0.05) is 29.3 Å². The Morgan fingerprint density at radius 3 is 2.38 bits per heavy atom. The Labute approximate surface area is 126 Å². The minimum Gasteiger partial charge on any atom is -0.320 e. The molecular formula is C12H7Cl2F5N2. The summed E-state index contributed by atoms with van der Waals surface area (Å²) in [7, 11) is 0. The van der Waals surface area contributed by atoms with Gasteiger partial charge < -0.3 is 5.73 Å². The summed E-state index contributed by atoms with van der Waals surface area (Å²) in [5, 5.41) is -0.818. The number of nitrogens with zero attached hydrogens (tertiary/aromatic N) is 1. The zero-order valence-corrected chi connectivity index (χ0v) is 11.6. The highest BCUT2D eigenvalue weighted by Crippen LogP contribution is 2.42. The fourth-order valence-corrected chi connectivity index (χ4v) is 2.21. The van der Waals surface area contributed by atoms with Gasteiger partial charge in [0.1, 0.15) is 0 Å². The number of rotatable bonds is 1. The topological polar surface area (TPSA) is 38.9 Å². The van der Waals surface area contributed by atoms with Crippen LogP contribution in [0, 0.1) is 0 Å². The first-order valence-electron chi connectivity index (χ1n) is 5.49. The number of nitrogens with two attached hydrogens (primary N) is 1. The summed E-state index contributed by atoms with van der Waals surface area (Å²) in [6, 6.07) is -0.465. The Kier molecular flexibility index (Phi) is 4.03. The van der Waals surface area contributed by atoms with Crippen LogP contribution in [0.3, 0.4) is 0 Å². The van der Waals surface area contributed by atoms with Crippen LogP contribution in [-0.2, 0) is 6.18 Å². The molecule has 1 aliphatic rings. The van der Waals surface area contributed by atoms with Crippen LogP contribution in [0.4, 0.5) is 22.0 Å². The molecule has 2 nitrogen and oxygen atoms in total. The van der Waals surface area contributed by atoms with Gasteiger partial charge in [-0.05, 0) is 6.07 Å². The Morgan fingerprint density at radius 2 is 1.86 bits per heavy atom. The number of pyridine rings is 1. The van der Waals surface area contributed by atoms with E-state index in [4.69, 9.17) is 28.9 Å².